The van der Waals surface area contributed by atoms with Gasteiger partial charge in [0.25, 0.3) is 0 Å². The van der Waals surface area contributed by atoms with Crippen LogP contribution in [-0.2, 0) is 9.59 Å². The Morgan fingerprint density at radius 3 is 2.83 bits per heavy atom. The zero-order valence-electron chi connectivity index (χ0n) is 10.6. The molecule has 0 spiro atoms. The molecular weight excluding hydrogens is 230 g/mol. The van der Waals surface area contributed by atoms with Crippen molar-refractivity contribution in [2.24, 2.45) is 5.73 Å². The van der Waals surface area contributed by atoms with Gasteiger partial charge in [-0.2, -0.15) is 0 Å². The minimum Gasteiger partial charge on any atom is -0.322 e. The molecule has 1 aromatic rings. The summed E-state index contributed by atoms with van der Waals surface area (Å²) in [4.78, 5) is 27.0. The first-order chi connectivity index (χ1) is 8.56. The molecule has 0 fully saturated rings. The summed E-state index contributed by atoms with van der Waals surface area (Å²) in [5.74, 6) is -0.150. The number of nitrogens with two attached hydrogens (primary N) is 1. The van der Waals surface area contributed by atoms with Crippen LogP contribution in [-0.4, -0.2) is 32.0 Å². The zero-order valence-corrected chi connectivity index (χ0v) is 10.6. The van der Waals surface area contributed by atoms with Crippen molar-refractivity contribution in [2.75, 3.05) is 29.9 Å². The van der Waals surface area contributed by atoms with Crippen molar-refractivity contribution < 1.29 is 9.59 Å². The van der Waals surface area contributed by atoms with E-state index in [0.29, 0.717) is 13.0 Å². The van der Waals surface area contributed by atoms with E-state index >= 15 is 0 Å². The highest BCUT2D eigenvalue weighted by atomic mass is 16.2. The van der Waals surface area contributed by atoms with Crippen molar-refractivity contribution >= 4 is 23.2 Å². The average Bonchev–Trinajstić information content (AvgIpc) is 2.50. The third-order valence-corrected chi connectivity index (χ3v) is 3.25. The summed E-state index contributed by atoms with van der Waals surface area (Å²) in [5.41, 5.74) is 7.97. The smallest absolute Gasteiger partial charge is 0.240 e. The number of nitrogens with zero attached hydrogens (tertiary/aromatic N) is 2. The quantitative estimate of drug-likeness (QED) is 0.792. The minimum absolute atomic E-state index is 0.00849. The van der Waals surface area contributed by atoms with Gasteiger partial charge >= 0.3 is 0 Å². The molecule has 1 aliphatic heterocycles. The van der Waals surface area contributed by atoms with Crippen molar-refractivity contribution in [2.45, 2.75) is 13.3 Å². The Labute approximate surface area is 106 Å². The van der Waals surface area contributed by atoms with E-state index in [-0.39, 0.29) is 18.4 Å². The van der Waals surface area contributed by atoms with E-state index in [2.05, 4.69) is 0 Å². The second-order valence-electron chi connectivity index (χ2n) is 4.39. The lowest BCUT2D eigenvalue weighted by molar-refractivity contribution is -0.118. The zero-order chi connectivity index (χ0) is 13.3. The molecular formula is C13H17N3O2. The van der Waals surface area contributed by atoms with Crippen LogP contribution in [0.4, 0.5) is 11.4 Å². The maximum Gasteiger partial charge on any atom is 0.240 e. The number of amides is 2. The highest BCUT2D eigenvalue weighted by Crippen LogP contribution is 2.34. The second-order valence-corrected chi connectivity index (χ2v) is 4.39. The lowest BCUT2D eigenvalue weighted by Crippen LogP contribution is -2.37. The molecule has 0 atom stereocenters. The first-order valence-electron chi connectivity index (χ1n) is 5.93. The van der Waals surface area contributed by atoms with E-state index in [0.717, 1.165) is 16.9 Å². The van der Waals surface area contributed by atoms with E-state index in [1.165, 1.54) is 0 Å². The summed E-state index contributed by atoms with van der Waals surface area (Å²) in [6, 6.07) is 5.66. The fraction of sp³-hybridized carbons (Fsp3) is 0.385. The number of hydrogen-bond donors (Lipinski definition) is 1. The van der Waals surface area contributed by atoms with Gasteiger partial charge in [-0.15, -0.1) is 0 Å². The lowest BCUT2D eigenvalue weighted by atomic mass is 10.1. The van der Waals surface area contributed by atoms with Crippen LogP contribution in [0.25, 0.3) is 0 Å². The van der Waals surface area contributed by atoms with Crippen LogP contribution in [0.2, 0.25) is 0 Å². The van der Waals surface area contributed by atoms with Gasteiger partial charge in [0.1, 0.15) is 0 Å². The summed E-state index contributed by atoms with van der Waals surface area (Å²) >= 11 is 0. The molecule has 0 bridgehead atoms. The van der Waals surface area contributed by atoms with Gasteiger partial charge in [-0.3, -0.25) is 9.59 Å². The van der Waals surface area contributed by atoms with Crippen LogP contribution in [0.1, 0.15) is 12.0 Å². The molecule has 5 heteroatoms. The fourth-order valence-corrected chi connectivity index (χ4v) is 2.25. The van der Waals surface area contributed by atoms with Crippen molar-refractivity contribution in [1.82, 2.24) is 0 Å². The highest BCUT2D eigenvalue weighted by Gasteiger charge is 2.27. The topological polar surface area (TPSA) is 66.6 Å². The van der Waals surface area contributed by atoms with Crippen LogP contribution in [0.15, 0.2) is 18.2 Å². The second kappa shape index (κ2) is 4.78. The van der Waals surface area contributed by atoms with E-state index in [1.807, 2.05) is 25.1 Å². The van der Waals surface area contributed by atoms with Gasteiger partial charge in [0.15, 0.2) is 0 Å². The molecule has 2 rings (SSSR count). The molecule has 18 heavy (non-hydrogen) atoms. The Bertz CT molecular complexity index is 499. The third-order valence-electron chi connectivity index (χ3n) is 3.25. The Hall–Kier alpha value is -1.88. The molecule has 1 heterocycles. The summed E-state index contributed by atoms with van der Waals surface area (Å²) in [7, 11) is 1.73. The summed E-state index contributed by atoms with van der Waals surface area (Å²) in [5, 5.41) is 0. The van der Waals surface area contributed by atoms with Crippen LogP contribution < -0.4 is 15.5 Å². The van der Waals surface area contributed by atoms with Crippen molar-refractivity contribution in [3.8, 4) is 0 Å². The number of carbonyl (C=O) groups is 2. The minimum atomic E-state index is -0.159. The number of aryl methyl sites for hydroxylation is 1. The van der Waals surface area contributed by atoms with Gasteiger partial charge in [0.2, 0.25) is 11.8 Å². The van der Waals surface area contributed by atoms with E-state index in [4.69, 9.17) is 5.73 Å². The molecule has 1 aliphatic rings. The Balaban J connectivity index is 2.59. The highest BCUT2D eigenvalue weighted by molar-refractivity contribution is 6.05. The molecule has 0 unspecified atom stereocenters. The number of para-hydroxylation sites is 1. The van der Waals surface area contributed by atoms with Gasteiger partial charge in [-0.05, 0) is 18.6 Å². The largest absolute Gasteiger partial charge is 0.322 e. The SMILES string of the molecule is Cc1cccc2c1N(C(=O)CN)CCC(=O)N2C. The van der Waals surface area contributed by atoms with Gasteiger partial charge in [0.05, 0.1) is 17.9 Å². The maximum atomic E-state index is 11.9. The van der Waals surface area contributed by atoms with Gasteiger partial charge in [0, 0.05) is 20.0 Å². The molecule has 0 saturated carbocycles. The molecule has 96 valence electrons. The molecule has 0 saturated heterocycles. The third kappa shape index (κ3) is 1.97. The molecule has 2 amide bonds. The predicted molar refractivity (Wildman–Crippen MR) is 70.6 cm³/mol. The van der Waals surface area contributed by atoms with Crippen LogP contribution >= 0.6 is 0 Å². The molecule has 0 aliphatic carbocycles. The monoisotopic (exact) mass is 247 g/mol. The first kappa shape index (κ1) is 12.6. The molecule has 2 N–H and O–H groups in total. The van der Waals surface area contributed by atoms with Crippen LogP contribution in [0.3, 0.4) is 0 Å². The van der Waals surface area contributed by atoms with E-state index in [9.17, 15) is 9.59 Å². The molecule has 0 aromatic heterocycles. The van der Waals surface area contributed by atoms with Gasteiger partial charge in [-0.25, -0.2) is 0 Å². The number of anilines is 2. The number of hydrogen-bond acceptors (Lipinski definition) is 3. The summed E-state index contributed by atoms with van der Waals surface area (Å²) < 4.78 is 0. The average molecular weight is 247 g/mol. The van der Waals surface area contributed by atoms with Crippen LogP contribution in [0, 0.1) is 6.92 Å². The van der Waals surface area contributed by atoms with Crippen molar-refractivity contribution in [3.63, 3.8) is 0 Å². The van der Waals surface area contributed by atoms with Gasteiger partial charge < -0.3 is 15.5 Å². The summed E-state index contributed by atoms with van der Waals surface area (Å²) in [6.45, 7) is 2.27. The predicted octanol–water partition coefficient (Wildman–Crippen LogP) is 0.653. The number of fused-ring (bicyclic) bond motifs is 1. The Morgan fingerprint density at radius 2 is 2.17 bits per heavy atom. The summed E-state index contributed by atoms with van der Waals surface area (Å²) in [6.07, 6.45) is 0.316. The van der Waals surface area contributed by atoms with Crippen molar-refractivity contribution in [3.05, 3.63) is 23.8 Å². The van der Waals surface area contributed by atoms with E-state index in [1.54, 1.807) is 16.8 Å². The van der Waals surface area contributed by atoms with Crippen molar-refractivity contribution in [1.29, 1.82) is 0 Å². The van der Waals surface area contributed by atoms with E-state index < -0.39 is 0 Å². The molecule has 0 radical (unpaired) electrons. The van der Waals surface area contributed by atoms with Gasteiger partial charge in [-0.1, -0.05) is 12.1 Å². The molecule has 5 nitrogen and oxygen atoms in total. The number of benzene rings is 1. The normalized spacial score (nSPS) is 15.4. The first-order valence-corrected chi connectivity index (χ1v) is 5.93. The maximum absolute atomic E-state index is 11.9. The Kier molecular flexibility index (Phi) is 3.34. The Morgan fingerprint density at radius 1 is 1.44 bits per heavy atom. The standard InChI is InChI=1S/C13H17N3O2/c1-9-4-3-5-10-13(9)16(12(18)8-14)7-6-11(17)15(10)2/h3-5H,6-8,14H2,1-2H3. The lowest BCUT2D eigenvalue weighted by Gasteiger charge is -2.25. The van der Waals surface area contributed by atoms with Crippen LogP contribution in [0.5, 0.6) is 0 Å². The number of carbonyl (C=O) groups excluding carboxylic acids is 2. The fourth-order valence-electron chi connectivity index (χ4n) is 2.25. The number of rotatable bonds is 1. The molecule has 1 aromatic carbocycles.